The first kappa shape index (κ1) is 10.1. The molecule has 0 aliphatic carbocycles. The SMILES string of the molecule is O=Cc1ccc(N2CCCC(O)C2)cn1. The van der Waals surface area contributed by atoms with Gasteiger partial charge in [0.1, 0.15) is 5.69 Å². The van der Waals surface area contributed by atoms with E-state index in [1.54, 1.807) is 12.3 Å². The number of β-amino-alcohol motifs (C(OH)–C–C–N with tert-alkyl or cyclic N) is 1. The zero-order valence-corrected chi connectivity index (χ0v) is 8.47. The molecule has 0 spiro atoms. The number of carbonyl (C=O) groups excluding carboxylic acids is 1. The first-order valence-corrected chi connectivity index (χ1v) is 5.14. The van der Waals surface area contributed by atoms with E-state index in [1.165, 1.54) is 0 Å². The Morgan fingerprint density at radius 2 is 2.40 bits per heavy atom. The normalized spacial score (nSPS) is 21.4. The van der Waals surface area contributed by atoms with Crippen LogP contribution in [0.15, 0.2) is 18.3 Å². The number of carbonyl (C=O) groups is 1. The van der Waals surface area contributed by atoms with E-state index in [1.807, 2.05) is 6.07 Å². The van der Waals surface area contributed by atoms with Crippen LogP contribution in [-0.2, 0) is 0 Å². The molecule has 0 saturated carbocycles. The van der Waals surface area contributed by atoms with Crippen molar-refractivity contribution in [2.45, 2.75) is 18.9 Å². The minimum absolute atomic E-state index is 0.246. The van der Waals surface area contributed by atoms with Crippen molar-refractivity contribution in [3.8, 4) is 0 Å². The second-order valence-corrected chi connectivity index (χ2v) is 3.80. The Hall–Kier alpha value is -1.42. The van der Waals surface area contributed by atoms with Gasteiger partial charge < -0.3 is 10.0 Å². The highest BCUT2D eigenvalue weighted by molar-refractivity contribution is 5.72. The van der Waals surface area contributed by atoms with Gasteiger partial charge >= 0.3 is 0 Å². The lowest BCUT2D eigenvalue weighted by atomic mass is 10.1. The highest BCUT2D eigenvalue weighted by Gasteiger charge is 2.17. The molecule has 1 aromatic heterocycles. The summed E-state index contributed by atoms with van der Waals surface area (Å²) in [6.45, 7) is 1.60. The Bertz CT molecular complexity index is 337. The lowest BCUT2D eigenvalue weighted by Crippen LogP contribution is -2.38. The maximum atomic E-state index is 10.4. The number of aliphatic hydroxyl groups is 1. The zero-order valence-electron chi connectivity index (χ0n) is 8.47. The summed E-state index contributed by atoms with van der Waals surface area (Å²) in [5.41, 5.74) is 1.41. The lowest BCUT2D eigenvalue weighted by molar-refractivity contribution is 0.111. The summed E-state index contributed by atoms with van der Waals surface area (Å²) in [7, 11) is 0. The predicted octanol–water partition coefficient (Wildman–Crippen LogP) is 0.855. The molecule has 1 N–H and O–H groups in total. The number of piperidine rings is 1. The first-order chi connectivity index (χ1) is 7.29. The highest BCUT2D eigenvalue weighted by Crippen LogP contribution is 2.18. The van der Waals surface area contributed by atoms with Gasteiger partial charge in [-0.3, -0.25) is 9.78 Å². The van der Waals surface area contributed by atoms with Crippen LogP contribution < -0.4 is 4.90 Å². The van der Waals surface area contributed by atoms with Gasteiger partial charge in [0.25, 0.3) is 0 Å². The number of hydrogen-bond acceptors (Lipinski definition) is 4. The van der Waals surface area contributed by atoms with Gasteiger partial charge in [-0.1, -0.05) is 0 Å². The van der Waals surface area contributed by atoms with Gasteiger partial charge in [-0.2, -0.15) is 0 Å². The molecule has 0 aromatic carbocycles. The largest absolute Gasteiger partial charge is 0.391 e. The summed E-state index contributed by atoms with van der Waals surface area (Å²) in [6, 6.07) is 3.57. The van der Waals surface area contributed by atoms with Crippen LogP contribution in [0.3, 0.4) is 0 Å². The Morgan fingerprint density at radius 3 is 3.00 bits per heavy atom. The van der Waals surface area contributed by atoms with Crippen LogP contribution in [-0.4, -0.2) is 35.6 Å². The summed E-state index contributed by atoms with van der Waals surface area (Å²) in [6.07, 6.45) is 4.04. The molecule has 1 fully saturated rings. The van der Waals surface area contributed by atoms with Crippen molar-refractivity contribution < 1.29 is 9.90 Å². The molecule has 1 unspecified atom stereocenters. The molecule has 4 heteroatoms. The standard InChI is InChI=1S/C11H14N2O2/c14-8-9-3-4-10(6-12-9)13-5-1-2-11(15)7-13/h3-4,6,8,11,15H,1-2,5,7H2. The molecule has 2 rings (SSSR count). The predicted molar refractivity (Wildman–Crippen MR) is 57.1 cm³/mol. The van der Waals surface area contributed by atoms with Gasteiger partial charge in [-0.25, -0.2) is 0 Å². The smallest absolute Gasteiger partial charge is 0.168 e. The minimum Gasteiger partial charge on any atom is -0.391 e. The van der Waals surface area contributed by atoms with E-state index < -0.39 is 0 Å². The summed E-state index contributed by atoms with van der Waals surface area (Å²) in [4.78, 5) is 16.5. The average molecular weight is 206 g/mol. The summed E-state index contributed by atoms with van der Waals surface area (Å²) in [5.74, 6) is 0. The molecular formula is C11H14N2O2. The second kappa shape index (κ2) is 4.40. The van der Waals surface area contributed by atoms with Crippen molar-refractivity contribution in [3.05, 3.63) is 24.0 Å². The summed E-state index contributed by atoms with van der Waals surface area (Å²) in [5, 5.41) is 9.52. The fourth-order valence-corrected chi connectivity index (χ4v) is 1.84. The van der Waals surface area contributed by atoms with E-state index in [0.717, 1.165) is 31.4 Å². The Kier molecular flexibility index (Phi) is 2.97. The van der Waals surface area contributed by atoms with Gasteiger partial charge in [0.15, 0.2) is 6.29 Å². The number of nitrogens with zero attached hydrogens (tertiary/aromatic N) is 2. The number of aliphatic hydroxyl groups excluding tert-OH is 1. The molecule has 15 heavy (non-hydrogen) atoms. The molecule has 1 aromatic rings. The molecule has 1 atom stereocenters. The minimum atomic E-state index is -0.246. The third-order valence-corrected chi connectivity index (χ3v) is 2.65. The fourth-order valence-electron chi connectivity index (χ4n) is 1.84. The van der Waals surface area contributed by atoms with Crippen LogP contribution >= 0.6 is 0 Å². The van der Waals surface area contributed by atoms with E-state index in [-0.39, 0.29) is 6.10 Å². The van der Waals surface area contributed by atoms with Gasteiger partial charge in [0, 0.05) is 13.1 Å². The maximum absolute atomic E-state index is 10.4. The van der Waals surface area contributed by atoms with Crippen LogP contribution in [0.5, 0.6) is 0 Å². The monoisotopic (exact) mass is 206 g/mol. The van der Waals surface area contributed by atoms with Crippen LogP contribution in [0.4, 0.5) is 5.69 Å². The van der Waals surface area contributed by atoms with Gasteiger partial charge in [-0.05, 0) is 25.0 Å². The van der Waals surface area contributed by atoms with Crippen LogP contribution in [0.2, 0.25) is 0 Å². The number of rotatable bonds is 2. The molecule has 0 amide bonds. The van der Waals surface area contributed by atoms with Gasteiger partial charge in [0.2, 0.25) is 0 Å². The molecule has 0 bridgehead atoms. The fraction of sp³-hybridized carbons (Fsp3) is 0.455. The molecule has 4 nitrogen and oxygen atoms in total. The van der Waals surface area contributed by atoms with E-state index in [4.69, 9.17) is 0 Å². The zero-order chi connectivity index (χ0) is 10.7. The summed E-state index contributed by atoms with van der Waals surface area (Å²) < 4.78 is 0. The number of aromatic nitrogens is 1. The number of aldehydes is 1. The highest BCUT2D eigenvalue weighted by atomic mass is 16.3. The molecule has 1 aliphatic rings. The molecule has 0 radical (unpaired) electrons. The van der Waals surface area contributed by atoms with Crippen molar-refractivity contribution in [1.82, 2.24) is 4.98 Å². The van der Waals surface area contributed by atoms with Crippen molar-refractivity contribution in [2.24, 2.45) is 0 Å². The average Bonchev–Trinajstić information content (AvgIpc) is 2.29. The van der Waals surface area contributed by atoms with Gasteiger partial charge in [-0.15, -0.1) is 0 Å². The third kappa shape index (κ3) is 2.33. The Labute approximate surface area is 88.6 Å². The van der Waals surface area contributed by atoms with Crippen molar-refractivity contribution in [2.75, 3.05) is 18.0 Å². The Balaban J connectivity index is 2.11. The van der Waals surface area contributed by atoms with Crippen LogP contribution in [0.25, 0.3) is 0 Å². The molecule has 80 valence electrons. The quantitative estimate of drug-likeness (QED) is 0.729. The van der Waals surface area contributed by atoms with E-state index in [9.17, 15) is 9.90 Å². The lowest BCUT2D eigenvalue weighted by Gasteiger charge is -2.31. The third-order valence-electron chi connectivity index (χ3n) is 2.65. The molecule has 1 saturated heterocycles. The van der Waals surface area contributed by atoms with E-state index in [0.29, 0.717) is 12.2 Å². The van der Waals surface area contributed by atoms with E-state index >= 15 is 0 Å². The second-order valence-electron chi connectivity index (χ2n) is 3.80. The van der Waals surface area contributed by atoms with Gasteiger partial charge in [0.05, 0.1) is 18.0 Å². The molecule has 2 heterocycles. The van der Waals surface area contributed by atoms with E-state index in [2.05, 4.69) is 9.88 Å². The summed E-state index contributed by atoms with van der Waals surface area (Å²) >= 11 is 0. The van der Waals surface area contributed by atoms with Crippen molar-refractivity contribution >= 4 is 12.0 Å². The number of hydrogen-bond donors (Lipinski definition) is 1. The first-order valence-electron chi connectivity index (χ1n) is 5.14. The topological polar surface area (TPSA) is 53.4 Å². The van der Waals surface area contributed by atoms with Crippen LogP contribution in [0.1, 0.15) is 23.3 Å². The van der Waals surface area contributed by atoms with Crippen molar-refractivity contribution in [1.29, 1.82) is 0 Å². The maximum Gasteiger partial charge on any atom is 0.168 e. The molecule has 1 aliphatic heterocycles. The Morgan fingerprint density at radius 1 is 1.53 bits per heavy atom. The van der Waals surface area contributed by atoms with Crippen molar-refractivity contribution in [3.63, 3.8) is 0 Å². The number of pyridine rings is 1. The van der Waals surface area contributed by atoms with Crippen LogP contribution in [0, 0.1) is 0 Å². The number of anilines is 1. The molecular weight excluding hydrogens is 192 g/mol.